The lowest BCUT2D eigenvalue weighted by Crippen LogP contribution is -2.29. The maximum atomic E-state index is 10.5. The minimum Gasteiger partial charge on any atom is -0.492 e. The van der Waals surface area contributed by atoms with E-state index in [9.17, 15) is 5.11 Å². The zero-order valence-corrected chi connectivity index (χ0v) is 12.4. The summed E-state index contributed by atoms with van der Waals surface area (Å²) >= 11 is 0. The van der Waals surface area contributed by atoms with Gasteiger partial charge in [-0.1, -0.05) is 13.8 Å². The lowest BCUT2D eigenvalue weighted by Gasteiger charge is -2.24. The summed E-state index contributed by atoms with van der Waals surface area (Å²) in [5.41, 5.74) is -0.0887. The molecule has 0 amide bonds. The summed E-state index contributed by atoms with van der Waals surface area (Å²) in [6.45, 7) is 10.4. The van der Waals surface area contributed by atoms with Crippen LogP contribution in [0.15, 0.2) is 18.5 Å². The Kier molecular flexibility index (Phi) is 6.25. The van der Waals surface area contributed by atoms with Crippen LogP contribution in [-0.4, -0.2) is 29.8 Å². The van der Waals surface area contributed by atoms with E-state index in [0.29, 0.717) is 24.7 Å². The first kappa shape index (κ1) is 15.9. The van der Waals surface area contributed by atoms with Gasteiger partial charge in [0, 0.05) is 11.8 Å². The predicted molar refractivity (Wildman–Crippen MR) is 77.3 cm³/mol. The molecule has 2 N–H and O–H groups in total. The molecule has 0 saturated heterocycles. The van der Waals surface area contributed by atoms with Crippen LogP contribution in [0.25, 0.3) is 0 Å². The predicted octanol–water partition coefficient (Wildman–Crippen LogP) is 2.32. The third kappa shape index (κ3) is 5.57. The highest BCUT2D eigenvalue weighted by Crippen LogP contribution is 2.26. The van der Waals surface area contributed by atoms with Gasteiger partial charge < -0.3 is 15.2 Å². The molecule has 1 unspecified atom stereocenters. The summed E-state index contributed by atoms with van der Waals surface area (Å²) in [5.74, 6) is 1.32. The van der Waals surface area contributed by atoms with E-state index in [1.165, 1.54) is 0 Å². The first-order chi connectivity index (χ1) is 8.95. The number of aliphatic hydroxyl groups is 1. The van der Waals surface area contributed by atoms with Crippen molar-refractivity contribution < 1.29 is 9.84 Å². The fraction of sp³-hybridized carbons (Fsp3) is 0.667. The van der Waals surface area contributed by atoms with Crippen LogP contribution in [-0.2, 0) is 5.60 Å². The van der Waals surface area contributed by atoms with E-state index in [0.717, 1.165) is 18.7 Å². The van der Waals surface area contributed by atoms with Crippen LogP contribution in [0.5, 0.6) is 5.75 Å². The van der Waals surface area contributed by atoms with Crippen LogP contribution in [0.2, 0.25) is 0 Å². The smallest absolute Gasteiger partial charge is 0.137 e. The quantitative estimate of drug-likeness (QED) is 0.709. The molecule has 108 valence electrons. The molecule has 0 spiro atoms. The van der Waals surface area contributed by atoms with Crippen molar-refractivity contribution in [2.45, 2.75) is 39.7 Å². The van der Waals surface area contributed by atoms with Crippen LogP contribution in [0, 0.1) is 5.92 Å². The number of nitrogens with one attached hydrogen (secondary N) is 1. The number of aromatic nitrogens is 1. The average molecular weight is 266 g/mol. The zero-order valence-electron chi connectivity index (χ0n) is 12.4. The summed E-state index contributed by atoms with van der Waals surface area (Å²) < 4.78 is 5.41. The minimum atomic E-state index is -0.885. The summed E-state index contributed by atoms with van der Waals surface area (Å²) in [6.07, 6.45) is 4.02. The molecule has 0 aliphatic carbocycles. The van der Waals surface area contributed by atoms with Gasteiger partial charge in [-0.3, -0.25) is 4.98 Å². The van der Waals surface area contributed by atoms with E-state index in [4.69, 9.17) is 4.74 Å². The molecule has 0 aromatic carbocycles. The fourth-order valence-corrected chi connectivity index (χ4v) is 1.83. The molecule has 1 aromatic rings. The highest BCUT2D eigenvalue weighted by atomic mass is 16.5. The molecule has 0 radical (unpaired) electrons. The molecular formula is C15H26N2O2. The van der Waals surface area contributed by atoms with Gasteiger partial charge >= 0.3 is 0 Å². The van der Waals surface area contributed by atoms with Crippen molar-refractivity contribution in [2.24, 2.45) is 5.92 Å². The molecule has 0 saturated carbocycles. The maximum absolute atomic E-state index is 10.5. The normalized spacial score (nSPS) is 14.4. The Morgan fingerprint density at radius 1 is 1.42 bits per heavy atom. The van der Waals surface area contributed by atoms with E-state index in [1.807, 2.05) is 19.9 Å². The Bertz CT molecular complexity index is 378. The Hall–Kier alpha value is -1.13. The topological polar surface area (TPSA) is 54.4 Å². The second-order valence-electron chi connectivity index (χ2n) is 5.46. The van der Waals surface area contributed by atoms with Gasteiger partial charge in [-0.15, -0.1) is 0 Å². The van der Waals surface area contributed by atoms with E-state index >= 15 is 0 Å². The average Bonchev–Trinajstić information content (AvgIpc) is 2.35. The van der Waals surface area contributed by atoms with Crippen LogP contribution in [0.4, 0.5) is 0 Å². The summed E-state index contributed by atoms with van der Waals surface area (Å²) in [5, 5.41) is 13.8. The van der Waals surface area contributed by atoms with Crippen LogP contribution in [0.1, 0.15) is 39.7 Å². The van der Waals surface area contributed by atoms with Gasteiger partial charge in [0.2, 0.25) is 0 Å². The van der Waals surface area contributed by atoms with E-state index < -0.39 is 5.60 Å². The standard InChI is InChI=1S/C15H26N2O2/c1-5-19-14-8-13(10-17-11-14)15(4,18)6-7-16-9-12(2)3/h8,10-12,16,18H,5-7,9H2,1-4H3. The number of pyridine rings is 1. The first-order valence-electron chi connectivity index (χ1n) is 6.97. The molecule has 1 atom stereocenters. The van der Waals surface area contributed by atoms with Crippen molar-refractivity contribution >= 4 is 0 Å². The van der Waals surface area contributed by atoms with Gasteiger partial charge in [0.1, 0.15) is 5.75 Å². The summed E-state index contributed by atoms with van der Waals surface area (Å²) in [6, 6.07) is 1.86. The second-order valence-corrected chi connectivity index (χ2v) is 5.46. The Labute approximate surface area is 116 Å². The number of ether oxygens (including phenoxy) is 1. The molecule has 19 heavy (non-hydrogen) atoms. The lowest BCUT2D eigenvalue weighted by atomic mass is 9.94. The second kappa shape index (κ2) is 7.46. The van der Waals surface area contributed by atoms with Crippen molar-refractivity contribution in [3.05, 3.63) is 24.0 Å². The highest BCUT2D eigenvalue weighted by Gasteiger charge is 2.23. The number of nitrogens with zero attached hydrogens (tertiary/aromatic N) is 1. The number of rotatable bonds is 8. The van der Waals surface area contributed by atoms with E-state index in [1.54, 1.807) is 12.4 Å². The molecule has 0 bridgehead atoms. The maximum Gasteiger partial charge on any atom is 0.137 e. The summed E-state index contributed by atoms with van der Waals surface area (Å²) in [7, 11) is 0. The SMILES string of the molecule is CCOc1cncc(C(C)(O)CCNCC(C)C)c1. The highest BCUT2D eigenvalue weighted by molar-refractivity contribution is 5.27. The van der Waals surface area contributed by atoms with Crippen LogP contribution >= 0.6 is 0 Å². The number of hydrogen-bond acceptors (Lipinski definition) is 4. The molecule has 4 heteroatoms. The molecule has 0 aliphatic rings. The van der Waals surface area contributed by atoms with Crippen molar-refractivity contribution in [1.82, 2.24) is 10.3 Å². The largest absolute Gasteiger partial charge is 0.492 e. The van der Waals surface area contributed by atoms with E-state index in [-0.39, 0.29) is 0 Å². The third-order valence-electron chi connectivity index (χ3n) is 2.99. The molecule has 1 aromatic heterocycles. The Balaban J connectivity index is 2.57. The molecule has 0 fully saturated rings. The molecule has 1 heterocycles. The van der Waals surface area contributed by atoms with Crippen molar-refractivity contribution in [2.75, 3.05) is 19.7 Å². The molecule has 4 nitrogen and oxygen atoms in total. The Morgan fingerprint density at radius 2 is 2.16 bits per heavy atom. The van der Waals surface area contributed by atoms with Crippen LogP contribution in [0.3, 0.4) is 0 Å². The van der Waals surface area contributed by atoms with Crippen LogP contribution < -0.4 is 10.1 Å². The van der Waals surface area contributed by atoms with Gasteiger partial charge in [-0.25, -0.2) is 0 Å². The molecule has 1 rings (SSSR count). The molecule has 0 aliphatic heterocycles. The van der Waals surface area contributed by atoms with Crippen molar-refractivity contribution in [1.29, 1.82) is 0 Å². The fourth-order valence-electron chi connectivity index (χ4n) is 1.83. The number of hydrogen-bond donors (Lipinski definition) is 2. The lowest BCUT2D eigenvalue weighted by molar-refractivity contribution is 0.0472. The van der Waals surface area contributed by atoms with Gasteiger partial charge in [0.05, 0.1) is 18.4 Å². The first-order valence-corrected chi connectivity index (χ1v) is 6.97. The Morgan fingerprint density at radius 3 is 2.79 bits per heavy atom. The van der Waals surface area contributed by atoms with Gasteiger partial charge in [-0.2, -0.15) is 0 Å². The van der Waals surface area contributed by atoms with Crippen molar-refractivity contribution in [3.8, 4) is 5.75 Å². The zero-order chi connectivity index (χ0) is 14.3. The molecular weight excluding hydrogens is 240 g/mol. The monoisotopic (exact) mass is 266 g/mol. The van der Waals surface area contributed by atoms with Gasteiger partial charge in [0.25, 0.3) is 0 Å². The summed E-state index contributed by atoms with van der Waals surface area (Å²) in [4.78, 5) is 4.12. The van der Waals surface area contributed by atoms with Gasteiger partial charge in [0.15, 0.2) is 0 Å². The minimum absolute atomic E-state index is 0.600. The van der Waals surface area contributed by atoms with Gasteiger partial charge in [-0.05, 0) is 45.3 Å². The van der Waals surface area contributed by atoms with E-state index in [2.05, 4.69) is 24.1 Å². The van der Waals surface area contributed by atoms with Crippen molar-refractivity contribution in [3.63, 3.8) is 0 Å². The third-order valence-corrected chi connectivity index (χ3v) is 2.99.